The lowest BCUT2D eigenvalue weighted by molar-refractivity contribution is -0.161. The molecule has 408 valence electrons. The monoisotopic (exact) mass is 1020 g/mol. The highest BCUT2D eigenvalue weighted by atomic mass is 31.2. The number of carbonyl (C=O) groups is 3. The van der Waals surface area contributed by atoms with Gasteiger partial charge < -0.3 is 24.2 Å². The van der Waals surface area contributed by atoms with Crippen molar-refractivity contribution in [2.75, 3.05) is 26.4 Å². The molecule has 11 nitrogen and oxygen atoms in total. The van der Waals surface area contributed by atoms with Crippen LogP contribution in [0, 0.1) is 0 Å². The van der Waals surface area contributed by atoms with E-state index in [1.165, 1.54) is 0 Å². The summed E-state index contributed by atoms with van der Waals surface area (Å²) in [5.74, 6) is -1.60. The van der Waals surface area contributed by atoms with Crippen molar-refractivity contribution in [3.63, 3.8) is 0 Å². The van der Waals surface area contributed by atoms with Crippen molar-refractivity contribution in [1.82, 2.24) is 0 Å². The molecular weight excluding hydrogens is 928 g/mol. The summed E-state index contributed by atoms with van der Waals surface area (Å²) < 4.78 is 39.3. The van der Waals surface area contributed by atoms with E-state index in [1.807, 2.05) is 18.2 Å². The molecule has 0 rings (SSSR count). The molecule has 0 aliphatic carbocycles. The Morgan fingerprint density at radius 1 is 0.389 bits per heavy atom. The first-order valence-corrected chi connectivity index (χ1v) is 28.9. The van der Waals surface area contributed by atoms with Crippen LogP contribution in [-0.2, 0) is 42.2 Å². The fourth-order valence-corrected chi connectivity index (χ4v) is 7.59. The van der Waals surface area contributed by atoms with Crippen LogP contribution in [0.3, 0.4) is 0 Å². The molecule has 0 radical (unpaired) electrons. The van der Waals surface area contributed by atoms with Crippen molar-refractivity contribution in [2.45, 2.75) is 213 Å². The number of hydrogen-bond acceptors (Lipinski definition) is 10. The number of phosphoric ester groups is 1. The Bertz CT molecular complexity index is 1670. The minimum absolute atomic E-state index is 0.0483. The number of ether oxygens (including phenoxy) is 3. The van der Waals surface area contributed by atoms with Gasteiger partial charge in [-0.3, -0.25) is 23.4 Å². The summed E-state index contributed by atoms with van der Waals surface area (Å²) in [5.41, 5.74) is 0. The molecule has 0 heterocycles. The second-order valence-corrected chi connectivity index (χ2v) is 19.1. The van der Waals surface area contributed by atoms with Gasteiger partial charge in [-0.2, -0.15) is 0 Å². The van der Waals surface area contributed by atoms with Crippen LogP contribution in [0.4, 0.5) is 0 Å². The van der Waals surface area contributed by atoms with Crippen LogP contribution in [0.2, 0.25) is 0 Å². The van der Waals surface area contributed by atoms with Gasteiger partial charge in [-0.05, 0) is 109 Å². The minimum Gasteiger partial charge on any atom is -0.462 e. The highest BCUT2D eigenvalue weighted by molar-refractivity contribution is 7.47. The summed E-state index contributed by atoms with van der Waals surface area (Å²) in [6, 6.07) is 0. The van der Waals surface area contributed by atoms with Crippen LogP contribution in [0.1, 0.15) is 201 Å². The van der Waals surface area contributed by atoms with Crippen LogP contribution >= 0.6 is 7.82 Å². The number of allylic oxidation sites excluding steroid dienone is 20. The molecule has 0 amide bonds. The Kier molecular flexibility index (Phi) is 50.1. The Hall–Kier alpha value is -4.12. The first-order valence-electron chi connectivity index (χ1n) is 27.4. The SMILES string of the molecule is CC/C=C\C/C=C\C/C=C\C/C=C\CCC(=O)OC(CO)COP(=O)(O)OCC(COC(=O)CCCCCCC/C=C\C/C=C\C/C=C\CC)OC(=O)CCCCCCCCC/C=C\C/C=C\C/C=C\CC. The van der Waals surface area contributed by atoms with E-state index in [1.54, 1.807) is 0 Å². The molecule has 3 atom stereocenters. The zero-order valence-electron chi connectivity index (χ0n) is 44.8. The quantitative estimate of drug-likeness (QED) is 0.0197. The third-order valence-corrected chi connectivity index (χ3v) is 11.8. The van der Waals surface area contributed by atoms with E-state index in [0.717, 1.165) is 141 Å². The first kappa shape index (κ1) is 67.9. The topological polar surface area (TPSA) is 155 Å². The molecule has 0 bridgehead atoms. The van der Waals surface area contributed by atoms with E-state index in [0.29, 0.717) is 19.3 Å². The van der Waals surface area contributed by atoms with Gasteiger partial charge in [0, 0.05) is 19.3 Å². The maximum absolute atomic E-state index is 12.9. The van der Waals surface area contributed by atoms with Crippen LogP contribution in [0.5, 0.6) is 0 Å². The number of hydrogen-bond donors (Lipinski definition) is 2. The molecule has 0 aromatic heterocycles. The van der Waals surface area contributed by atoms with Crippen LogP contribution < -0.4 is 0 Å². The molecule has 0 fully saturated rings. The molecule has 3 unspecified atom stereocenters. The number of rotatable bonds is 49. The molecule has 0 aromatic carbocycles. The third-order valence-electron chi connectivity index (χ3n) is 10.9. The van der Waals surface area contributed by atoms with Crippen LogP contribution in [-0.4, -0.2) is 66.5 Å². The molecule has 0 spiro atoms. The van der Waals surface area contributed by atoms with Gasteiger partial charge in [-0.1, -0.05) is 194 Å². The van der Waals surface area contributed by atoms with Crippen molar-refractivity contribution in [1.29, 1.82) is 0 Å². The van der Waals surface area contributed by atoms with Gasteiger partial charge in [0.2, 0.25) is 0 Å². The summed E-state index contributed by atoms with van der Waals surface area (Å²) in [6.45, 7) is 4.17. The molecule has 0 aliphatic rings. The second kappa shape index (κ2) is 53.2. The van der Waals surface area contributed by atoms with Gasteiger partial charge in [0.15, 0.2) is 6.10 Å². The zero-order chi connectivity index (χ0) is 52.7. The number of esters is 3. The Morgan fingerprint density at radius 3 is 1.12 bits per heavy atom. The Labute approximate surface area is 437 Å². The fraction of sp³-hybridized carbons (Fsp3) is 0.617. The maximum atomic E-state index is 12.9. The summed E-state index contributed by atoms with van der Waals surface area (Å²) >= 11 is 0. The van der Waals surface area contributed by atoms with E-state index in [4.69, 9.17) is 23.3 Å². The Balaban J connectivity index is 4.85. The van der Waals surface area contributed by atoms with Crippen molar-refractivity contribution >= 4 is 25.7 Å². The average molecular weight is 1030 g/mol. The predicted octanol–water partition coefficient (Wildman–Crippen LogP) is 16.0. The van der Waals surface area contributed by atoms with Crippen LogP contribution in [0.15, 0.2) is 122 Å². The van der Waals surface area contributed by atoms with Crippen molar-refractivity contribution in [3.8, 4) is 0 Å². The van der Waals surface area contributed by atoms with Crippen LogP contribution in [0.25, 0.3) is 0 Å². The van der Waals surface area contributed by atoms with Gasteiger partial charge in [-0.15, -0.1) is 0 Å². The minimum atomic E-state index is -4.78. The van der Waals surface area contributed by atoms with Gasteiger partial charge in [0.1, 0.15) is 12.7 Å². The van der Waals surface area contributed by atoms with Gasteiger partial charge in [0.25, 0.3) is 0 Å². The standard InChI is InChI=1S/C60H97O11P/c1-4-7-10-13-16-19-22-25-27-28-30-33-36-39-42-45-48-51-60(64)71-57(53-67-58(62)49-46-43-40-37-34-32-29-26-23-20-17-14-11-8-5-2)55-69-72(65,66)68-54-56(52-61)70-59(63)50-47-44-41-38-35-31-24-21-18-15-12-9-6-3/h7-12,16-21,25-27,29,31,35,41,44,56-57,61H,4-6,13-15,22-24,28,30,32-34,36-40,42-43,45-55H2,1-3H3,(H,65,66)/b10-7-,11-8-,12-9-,19-16-,20-17-,21-18-,27-25-,29-26-,35-31-,44-41-. The average Bonchev–Trinajstić information content (AvgIpc) is 3.37. The molecule has 72 heavy (non-hydrogen) atoms. The van der Waals surface area contributed by atoms with E-state index in [9.17, 15) is 28.9 Å². The highest BCUT2D eigenvalue weighted by Crippen LogP contribution is 2.43. The molecule has 0 saturated carbocycles. The highest BCUT2D eigenvalue weighted by Gasteiger charge is 2.28. The fourth-order valence-electron chi connectivity index (χ4n) is 6.81. The lowest BCUT2D eigenvalue weighted by Crippen LogP contribution is -2.30. The van der Waals surface area contributed by atoms with Gasteiger partial charge in [0.05, 0.1) is 19.8 Å². The maximum Gasteiger partial charge on any atom is 0.472 e. The number of phosphoric acid groups is 1. The lowest BCUT2D eigenvalue weighted by atomic mass is 10.1. The molecule has 0 aliphatic heterocycles. The molecular formula is C60H97O11P. The number of aliphatic hydroxyl groups excluding tert-OH is 1. The normalized spacial score (nSPS) is 14.3. The molecule has 12 heteroatoms. The summed E-state index contributed by atoms with van der Waals surface area (Å²) in [6.07, 6.45) is 64.6. The third kappa shape index (κ3) is 50.8. The first-order chi connectivity index (χ1) is 35.2. The van der Waals surface area contributed by atoms with E-state index >= 15 is 0 Å². The summed E-state index contributed by atoms with van der Waals surface area (Å²) in [7, 11) is -4.78. The largest absolute Gasteiger partial charge is 0.472 e. The predicted molar refractivity (Wildman–Crippen MR) is 297 cm³/mol. The number of carbonyl (C=O) groups excluding carboxylic acids is 3. The number of aliphatic hydroxyl groups is 1. The smallest absolute Gasteiger partial charge is 0.462 e. The lowest BCUT2D eigenvalue weighted by Gasteiger charge is -2.21. The second-order valence-electron chi connectivity index (χ2n) is 17.6. The van der Waals surface area contributed by atoms with Crippen molar-refractivity contribution < 1.29 is 52.2 Å². The molecule has 0 aromatic rings. The molecule has 2 N–H and O–H groups in total. The molecule has 0 saturated heterocycles. The summed E-state index contributed by atoms with van der Waals surface area (Å²) in [4.78, 5) is 48.4. The van der Waals surface area contributed by atoms with E-state index < -0.39 is 57.8 Å². The van der Waals surface area contributed by atoms with E-state index in [-0.39, 0.29) is 25.9 Å². The van der Waals surface area contributed by atoms with Crippen molar-refractivity contribution in [3.05, 3.63) is 122 Å². The van der Waals surface area contributed by atoms with Gasteiger partial charge >= 0.3 is 25.7 Å². The number of unbranched alkanes of at least 4 members (excludes halogenated alkanes) is 12. The summed E-state index contributed by atoms with van der Waals surface area (Å²) in [5, 5.41) is 9.78. The van der Waals surface area contributed by atoms with Gasteiger partial charge in [-0.25, -0.2) is 4.57 Å². The zero-order valence-corrected chi connectivity index (χ0v) is 45.7. The Morgan fingerprint density at radius 2 is 0.708 bits per heavy atom. The van der Waals surface area contributed by atoms with E-state index in [2.05, 4.69) is 124 Å². The van der Waals surface area contributed by atoms with Crippen molar-refractivity contribution in [2.24, 2.45) is 0 Å².